The average molecular weight is 354 g/mol. The molecule has 1 unspecified atom stereocenters. The fraction of sp³-hybridized carbons (Fsp3) is 0.200. The summed E-state index contributed by atoms with van der Waals surface area (Å²) in [4.78, 5) is 23.6. The normalized spacial score (nSPS) is 12.0. The summed E-state index contributed by atoms with van der Waals surface area (Å²) in [5.74, 6) is -0.0697. The summed E-state index contributed by atoms with van der Waals surface area (Å²) in [5, 5.41) is 9.23. The lowest BCUT2D eigenvalue weighted by Gasteiger charge is -2.12. The van der Waals surface area contributed by atoms with Crippen molar-refractivity contribution >= 4 is 16.9 Å². The highest BCUT2D eigenvalue weighted by molar-refractivity contribution is 5.79. The summed E-state index contributed by atoms with van der Waals surface area (Å²) in [5.41, 5.74) is 1.80. The number of hydrogen-bond donors (Lipinski definition) is 1. The lowest BCUT2D eigenvalue weighted by Crippen LogP contribution is -2.22. The molecule has 1 atom stereocenters. The van der Waals surface area contributed by atoms with Crippen molar-refractivity contribution in [2.24, 2.45) is 0 Å². The number of benzene rings is 2. The van der Waals surface area contributed by atoms with Crippen LogP contribution < -0.4 is 14.9 Å². The number of aliphatic carboxylic acids is 1. The lowest BCUT2D eigenvalue weighted by atomic mass is 10.1. The first-order chi connectivity index (χ1) is 12.4. The molecule has 6 heteroatoms. The maximum atomic E-state index is 12.7. The molecule has 3 rings (SSSR count). The molecule has 6 nitrogen and oxygen atoms in total. The number of aryl methyl sites for hydroxylation is 2. The molecule has 2 aromatic carbocycles. The minimum Gasteiger partial charge on any atom is -0.479 e. The van der Waals surface area contributed by atoms with Crippen LogP contribution in [0.3, 0.4) is 0 Å². The van der Waals surface area contributed by atoms with Gasteiger partial charge >= 0.3 is 5.97 Å². The molecule has 0 aliphatic rings. The van der Waals surface area contributed by atoms with Crippen LogP contribution in [0.2, 0.25) is 0 Å². The van der Waals surface area contributed by atoms with E-state index >= 15 is 0 Å². The number of fused-ring (bicyclic) bond motifs is 1. The van der Waals surface area contributed by atoms with E-state index in [0.29, 0.717) is 22.5 Å². The summed E-state index contributed by atoms with van der Waals surface area (Å²) in [6.45, 7) is 5.22. The SMILES string of the molecule is Cc1cccc(C)c1Oc1coc2cc(OC(C)C(=O)O)ccc2c1=O. The molecule has 0 saturated heterocycles. The number of carbonyl (C=O) groups is 1. The Bertz CT molecular complexity index is 1010. The first-order valence-corrected chi connectivity index (χ1v) is 8.06. The summed E-state index contributed by atoms with van der Waals surface area (Å²) in [7, 11) is 0. The van der Waals surface area contributed by atoms with Gasteiger partial charge in [-0.1, -0.05) is 18.2 Å². The summed E-state index contributed by atoms with van der Waals surface area (Å²) in [6, 6.07) is 10.3. The van der Waals surface area contributed by atoms with Crippen LogP contribution in [-0.2, 0) is 4.79 Å². The molecule has 0 radical (unpaired) electrons. The minimum atomic E-state index is -1.08. The summed E-state index contributed by atoms with van der Waals surface area (Å²) in [6.07, 6.45) is 0.242. The lowest BCUT2D eigenvalue weighted by molar-refractivity contribution is -0.144. The summed E-state index contributed by atoms with van der Waals surface area (Å²) >= 11 is 0. The van der Waals surface area contributed by atoms with Crippen LogP contribution in [0.15, 0.2) is 51.9 Å². The van der Waals surface area contributed by atoms with E-state index in [9.17, 15) is 9.59 Å². The van der Waals surface area contributed by atoms with Gasteiger partial charge < -0.3 is 19.0 Å². The van der Waals surface area contributed by atoms with Crippen molar-refractivity contribution in [2.45, 2.75) is 26.9 Å². The number of hydrogen-bond acceptors (Lipinski definition) is 5. The van der Waals surface area contributed by atoms with Crippen LogP contribution in [0, 0.1) is 13.8 Å². The van der Waals surface area contributed by atoms with Crippen molar-refractivity contribution in [1.82, 2.24) is 0 Å². The number of carboxylic acid groups (broad SMARTS) is 1. The van der Waals surface area contributed by atoms with Crippen molar-refractivity contribution in [3.63, 3.8) is 0 Å². The number of carboxylic acids is 1. The van der Waals surface area contributed by atoms with E-state index in [0.717, 1.165) is 11.1 Å². The molecule has 134 valence electrons. The highest BCUT2D eigenvalue weighted by Crippen LogP contribution is 2.28. The van der Waals surface area contributed by atoms with Crippen LogP contribution >= 0.6 is 0 Å². The topological polar surface area (TPSA) is 86.0 Å². The highest BCUT2D eigenvalue weighted by atomic mass is 16.5. The van der Waals surface area contributed by atoms with Gasteiger partial charge in [0.25, 0.3) is 0 Å². The average Bonchev–Trinajstić information content (AvgIpc) is 2.60. The Balaban J connectivity index is 1.96. The zero-order valence-corrected chi connectivity index (χ0v) is 14.6. The van der Waals surface area contributed by atoms with Crippen LogP contribution in [0.4, 0.5) is 0 Å². The van der Waals surface area contributed by atoms with Crippen LogP contribution in [0.1, 0.15) is 18.1 Å². The smallest absolute Gasteiger partial charge is 0.344 e. The zero-order valence-electron chi connectivity index (χ0n) is 14.6. The van der Waals surface area contributed by atoms with Gasteiger partial charge in [-0.2, -0.15) is 0 Å². The zero-order chi connectivity index (χ0) is 18.8. The van der Waals surface area contributed by atoms with Crippen molar-refractivity contribution in [3.05, 3.63) is 64.0 Å². The van der Waals surface area contributed by atoms with E-state index < -0.39 is 12.1 Å². The molecule has 1 heterocycles. The highest BCUT2D eigenvalue weighted by Gasteiger charge is 2.15. The summed E-state index contributed by atoms with van der Waals surface area (Å²) < 4.78 is 16.6. The van der Waals surface area contributed by atoms with Gasteiger partial charge in [-0.05, 0) is 44.0 Å². The van der Waals surface area contributed by atoms with E-state index in [1.807, 2.05) is 32.0 Å². The van der Waals surface area contributed by atoms with E-state index in [1.165, 1.54) is 31.4 Å². The Kier molecular flexibility index (Phi) is 4.67. The Morgan fingerprint density at radius 1 is 1.15 bits per heavy atom. The molecule has 3 aromatic rings. The van der Waals surface area contributed by atoms with Crippen LogP contribution in [-0.4, -0.2) is 17.2 Å². The van der Waals surface area contributed by atoms with Gasteiger partial charge in [0.1, 0.15) is 23.3 Å². The van der Waals surface area contributed by atoms with Gasteiger partial charge in [0.05, 0.1) is 5.39 Å². The second kappa shape index (κ2) is 6.92. The van der Waals surface area contributed by atoms with Crippen molar-refractivity contribution in [1.29, 1.82) is 0 Å². The quantitative estimate of drug-likeness (QED) is 0.744. The molecule has 0 aliphatic carbocycles. The number of ether oxygens (including phenoxy) is 2. The van der Waals surface area contributed by atoms with Gasteiger partial charge in [-0.25, -0.2) is 4.79 Å². The first-order valence-electron chi connectivity index (χ1n) is 8.06. The third-order valence-electron chi connectivity index (χ3n) is 4.00. The molecule has 1 N–H and O–H groups in total. The molecule has 0 aliphatic heterocycles. The van der Waals surface area contributed by atoms with Crippen LogP contribution in [0.5, 0.6) is 17.2 Å². The molecule has 0 amide bonds. The van der Waals surface area contributed by atoms with Crippen molar-refractivity contribution in [2.75, 3.05) is 0 Å². The minimum absolute atomic E-state index is 0.0856. The van der Waals surface area contributed by atoms with Gasteiger partial charge in [0.2, 0.25) is 11.2 Å². The van der Waals surface area contributed by atoms with Crippen molar-refractivity contribution < 1.29 is 23.8 Å². The Morgan fingerprint density at radius 3 is 2.50 bits per heavy atom. The van der Waals surface area contributed by atoms with Gasteiger partial charge in [0.15, 0.2) is 6.10 Å². The molecule has 26 heavy (non-hydrogen) atoms. The third-order valence-corrected chi connectivity index (χ3v) is 4.00. The molecule has 0 bridgehead atoms. The van der Waals surface area contributed by atoms with Crippen molar-refractivity contribution in [3.8, 4) is 17.2 Å². The molecule has 0 fully saturated rings. The predicted octanol–water partition coefficient (Wildman–Crippen LogP) is 4.05. The maximum absolute atomic E-state index is 12.7. The largest absolute Gasteiger partial charge is 0.479 e. The molecule has 0 saturated carbocycles. The van der Waals surface area contributed by atoms with E-state index in [2.05, 4.69) is 0 Å². The molecular formula is C20H18O6. The number of para-hydroxylation sites is 1. The first kappa shape index (κ1) is 17.5. The van der Waals surface area contributed by atoms with Crippen LogP contribution in [0.25, 0.3) is 11.0 Å². The van der Waals surface area contributed by atoms with Gasteiger partial charge in [-0.3, -0.25) is 4.79 Å². The Hall–Kier alpha value is -3.28. The third kappa shape index (κ3) is 3.39. The van der Waals surface area contributed by atoms with Gasteiger partial charge in [0, 0.05) is 6.07 Å². The van der Waals surface area contributed by atoms with E-state index in [4.69, 9.17) is 19.0 Å². The second-order valence-corrected chi connectivity index (χ2v) is 6.01. The Labute approximate surface area is 149 Å². The number of rotatable bonds is 5. The fourth-order valence-corrected chi connectivity index (χ4v) is 2.56. The standard InChI is InChI=1S/C20H18O6/c1-11-5-4-6-12(2)19(11)26-17-10-24-16-9-14(25-13(3)20(22)23)7-8-15(16)18(17)21/h4-10,13H,1-3H3,(H,22,23). The molecule has 1 aromatic heterocycles. The Morgan fingerprint density at radius 2 is 1.85 bits per heavy atom. The fourth-order valence-electron chi connectivity index (χ4n) is 2.56. The van der Waals surface area contributed by atoms with Gasteiger partial charge in [-0.15, -0.1) is 0 Å². The van der Waals surface area contributed by atoms with E-state index in [1.54, 1.807) is 0 Å². The van der Waals surface area contributed by atoms with E-state index in [-0.39, 0.29) is 11.2 Å². The molecular weight excluding hydrogens is 336 g/mol. The molecule has 0 spiro atoms. The maximum Gasteiger partial charge on any atom is 0.344 e. The second-order valence-electron chi connectivity index (χ2n) is 6.01. The predicted molar refractivity (Wildman–Crippen MR) is 96.2 cm³/mol. The monoisotopic (exact) mass is 354 g/mol.